The largest absolute Gasteiger partial charge is 0.381 e. The molecule has 0 aliphatic carbocycles. The Labute approximate surface area is 146 Å². The molecule has 140 valence electrons. The zero-order chi connectivity index (χ0) is 17.2. The van der Waals surface area contributed by atoms with Crippen molar-refractivity contribution in [2.24, 2.45) is 0 Å². The molecule has 0 radical (unpaired) electrons. The first kappa shape index (κ1) is 22.9. The molecule has 0 saturated heterocycles. The van der Waals surface area contributed by atoms with E-state index in [1.165, 1.54) is 89.9 Å². The van der Waals surface area contributed by atoms with E-state index in [0.29, 0.717) is 12.2 Å². The Morgan fingerprint density at radius 3 is 1.61 bits per heavy atom. The third-order valence-corrected chi connectivity index (χ3v) is 4.80. The average molecular weight is 329 g/mol. The molecule has 0 amide bonds. The number of methoxy groups -OCH3 is 1. The van der Waals surface area contributed by atoms with Crippen molar-refractivity contribution in [3.63, 3.8) is 0 Å². The molecular weight excluding hydrogens is 284 g/mol. The smallest absolute Gasteiger partial charge is 0.0571 e. The maximum Gasteiger partial charge on any atom is 0.0571 e. The molecule has 0 spiro atoms. The molecule has 0 saturated carbocycles. The minimum atomic E-state index is 0.450. The van der Waals surface area contributed by atoms with Crippen LogP contribution in [0.4, 0.5) is 0 Å². The highest BCUT2D eigenvalue weighted by Crippen LogP contribution is 2.16. The SMILES string of the molecule is CCCCCC(CCCCCCCCCCC(C)OCC)OC. The highest BCUT2D eigenvalue weighted by molar-refractivity contribution is 4.59. The summed E-state index contributed by atoms with van der Waals surface area (Å²) < 4.78 is 11.2. The fourth-order valence-corrected chi connectivity index (χ4v) is 3.23. The second kappa shape index (κ2) is 18.3. The van der Waals surface area contributed by atoms with E-state index >= 15 is 0 Å². The van der Waals surface area contributed by atoms with E-state index in [2.05, 4.69) is 20.8 Å². The van der Waals surface area contributed by atoms with E-state index in [4.69, 9.17) is 9.47 Å². The van der Waals surface area contributed by atoms with Gasteiger partial charge in [0.2, 0.25) is 0 Å². The van der Waals surface area contributed by atoms with Crippen molar-refractivity contribution in [1.82, 2.24) is 0 Å². The average Bonchev–Trinajstić information content (AvgIpc) is 2.55. The van der Waals surface area contributed by atoms with Gasteiger partial charge in [-0.1, -0.05) is 77.6 Å². The highest BCUT2D eigenvalue weighted by atomic mass is 16.5. The van der Waals surface area contributed by atoms with Crippen molar-refractivity contribution >= 4 is 0 Å². The lowest BCUT2D eigenvalue weighted by molar-refractivity contribution is 0.0683. The fourth-order valence-electron chi connectivity index (χ4n) is 3.23. The van der Waals surface area contributed by atoms with E-state index in [1.807, 2.05) is 7.11 Å². The van der Waals surface area contributed by atoms with Crippen LogP contribution in [-0.2, 0) is 9.47 Å². The number of rotatable bonds is 18. The molecule has 0 bridgehead atoms. The molecule has 2 atom stereocenters. The predicted octanol–water partition coefficient (Wildman–Crippen LogP) is 6.91. The van der Waals surface area contributed by atoms with Crippen LogP contribution in [0.5, 0.6) is 0 Å². The lowest BCUT2D eigenvalue weighted by atomic mass is 10.0. The maximum atomic E-state index is 5.60. The Morgan fingerprint density at radius 2 is 1.13 bits per heavy atom. The maximum absolute atomic E-state index is 5.60. The minimum absolute atomic E-state index is 0.450. The minimum Gasteiger partial charge on any atom is -0.381 e. The lowest BCUT2D eigenvalue weighted by Crippen LogP contribution is -2.10. The van der Waals surface area contributed by atoms with Crippen molar-refractivity contribution in [3.05, 3.63) is 0 Å². The van der Waals surface area contributed by atoms with Crippen molar-refractivity contribution in [2.45, 2.75) is 123 Å². The summed E-state index contributed by atoms with van der Waals surface area (Å²) in [6.07, 6.45) is 19.7. The summed E-state index contributed by atoms with van der Waals surface area (Å²) in [6.45, 7) is 7.39. The van der Waals surface area contributed by atoms with Gasteiger partial charge in [-0.25, -0.2) is 0 Å². The van der Waals surface area contributed by atoms with E-state index in [9.17, 15) is 0 Å². The summed E-state index contributed by atoms with van der Waals surface area (Å²) in [5, 5.41) is 0. The Morgan fingerprint density at radius 1 is 0.652 bits per heavy atom. The lowest BCUT2D eigenvalue weighted by Gasteiger charge is -2.14. The van der Waals surface area contributed by atoms with Gasteiger partial charge in [-0.3, -0.25) is 0 Å². The van der Waals surface area contributed by atoms with Gasteiger partial charge in [-0.15, -0.1) is 0 Å². The number of hydrogen-bond acceptors (Lipinski definition) is 2. The second-order valence-corrected chi connectivity index (χ2v) is 7.03. The van der Waals surface area contributed by atoms with Crippen LogP contribution < -0.4 is 0 Å². The highest BCUT2D eigenvalue weighted by Gasteiger charge is 2.06. The number of ether oxygens (including phenoxy) is 2. The molecule has 0 aliphatic heterocycles. The molecule has 0 aromatic carbocycles. The monoisotopic (exact) mass is 328 g/mol. The van der Waals surface area contributed by atoms with Gasteiger partial charge in [0.25, 0.3) is 0 Å². The van der Waals surface area contributed by atoms with Crippen LogP contribution in [0.1, 0.15) is 111 Å². The molecule has 0 heterocycles. The van der Waals surface area contributed by atoms with Crippen molar-refractivity contribution in [1.29, 1.82) is 0 Å². The van der Waals surface area contributed by atoms with Crippen LogP contribution in [0.2, 0.25) is 0 Å². The molecule has 0 aromatic rings. The summed E-state index contributed by atoms with van der Waals surface area (Å²) in [5.74, 6) is 0. The van der Waals surface area contributed by atoms with Crippen LogP contribution >= 0.6 is 0 Å². The topological polar surface area (TPSA) is 18.5 Å². The standard InChI is InChI=1S/C21H44O2/c1-5-7-14-18-21(22-4)19-16-13-11-9-8-10-12-15-17-20(3)23-6-2/h20-21H,5-19H2,1-4H3. The van der Waals surface area contributed by atoms with E-state index in [-0.39, 0.29) is 0 Å². The molecule has 2 heteroatoms. The third-order valence-electron chi connectivity index (χ3n) is 4.80. The summed E-state index contributed by atoms with van der Waals surface area (Å²) in [6, 6.07) is 0. The number of hydrogen-bond donors (Lipinski definition) is 0. The Bertz CT molecular complexity index is 218. The quantitative estimate of drug-likeness (QED) is 0.255. The first-order valence-corrected chi connectivity index (χ1v) is 10.4. The molecule has 2 nitrogen and oxygen atoms in total. The predicted molar refractivity (Wildman–Crippen MR) is 102 cm³/mol. The van der Waals surface area contributed by atoms with Crippen LogP contribution in [0.25, 0.3) is 0 Å². The molecule has 0 N–H and O–H groups in total. The van der Waals surface area contributed by atoms with Gasteiger partial charge < -0.3 is 9.47 Å². The van der Waals surface area contributed by atoms with Gasteiger partial charge in [0, 0.05) is 13.7 Å². The van der Waals surface area contributed by atoms with Gasteiger partial charge in [0.15, 0.2) is 0 Å². The van der Waals surface area contributed by atoms with Crippen molar-refractivity contribution in [3.8, 4) is 0 Å². The molecule has 2 unspecified atom stereocenters. The molecular formula is C21H44O2. The first-order chi connectivity index (χ1) is 11.2. The Hall–Kier alpha value is -0.0800. The second-order valence-electron chi connectivity index (χ2n) is 7.03. The van der Waals surface area contributed by atoms with Gasteiger partial charge in [0.1, 0.15) is 0 Å². The fraction of sp³-hybridized carbons (Fsp3) is 1.00. The van der Waals surface area contributed by atoms with Gasteiger partial charge in [0.05, 0.1) is 12.2 Å². The third kappa shape index (κ3) is 16.6. The zero-order valence-corrected chi connectivity index (χ0v) is 16.6. The first-order valence-electron chi connectivity index (χ1n) is 10.4. The number of unbranched alkanes of at least 4 members (excludes halogenated alkanes) is 9. The Kier molecular flexibility index (Phi) is 18.2. The molecule has 0 fully saturated rings. The zero-order valence-electron chi connectivity index (χ0n) is 16.6. The van der Waals surface area contributed by atoms with Gasteiger partial charge in [-0.05, 0) is 33.1 Å². The van der Waals surface area contributed by atoms with Gasteiger partial charge in [-0.2, -0.15) is 0 Å². The van der Waals surface area contributed by atoms with E-state index in [1.54, 1.807) is 0 Å². The molecule has 23 heavy (non-hydrogen) atoms. The molecule has 0 aliphatic rings. The molecule has 0 aromatic heterocycles. The van der Waals surface area contributed by atoms with Crippen LogP contribution in [0, 0.1) is 0 Å². The normalized spacial score (nSPS) is 14.1. The summed E-state index contributed by atoms with van der Waals surface area (Å²) >= 11 is 0. The van der Waals surface area contributed by atoms with E-state index in [0.717, 1.165) is 6.61 Å². The van der Waals surface area contributed by atoms with Crippen LogP contribution in [0.3, 0.4) is 0 Å². The van der Waals surface area contributed by atoms with Crippen molar-refractivity contribution in [2.75, 3.05) is 13.7 Å². The van der Waals surface area contributed by atoms with Crippen LogP contribution in [-0.4, -0.2) is 25.9 Å². The molecule has 0 rings (SSSR count). The summed E-state index contributed by atoms with van der Waals surface area (Å²) in [5.41, 5.74) is 0. The summed E-state index contributed by atoms with van der Waals surface area (Å²) in [4.78, 5) is 0. The Balaban J connectivity index is 3.26. The van der Waals surface area contributed by atoms with E-state index < -0.39 is 0 Å². The van der Waals surface area contributed by atoms with Gasteiger partial charge >= 0.3 is 0 Å². The summed E-state index contributed by atoms with van der Waals surface area (Å²) in [7, 11) is 1.88. The van der Waals surface area contributed by atoms with Crippen LogP contribution in [0.15, 0.2) is 0 Å². The van der Waals surface area contributed by atoms with Crippen molar-refractivity contribution < 1.29 is 9.47 Å².